The van der Waals surface area contributed by atoms with Gasteiger partial charge in [-0.2, -0.15) is 26.3 Å². The van der Waals surface area contributed by atoms with Crippen LogP contribution in [0.1, 0.15) is 54.5 Å². The molecule has 16 heteroatoms. The summed E-state index contributed by atoms with van der Waals surface area (Å²) in [6, 6.07) is 0. The fourth-order valence-corrected chi connectivity index (χ4v) is 4.12. The van der Waals surface area contributed by atoms with Gasteiger partial charge in [-0.25, -0.2) is 23.6 Å². The number of rotatable bonds is 9. The molecule has 0 unspecified atom stereocenters. The minimum atomic E-state index is -5.61. The minimum Gasteiger partial charge on any atom is -0.478 e. The molecule has 0 aliphatic heterocycles. The van der Waals surface area contributed by atoms with Gasteiger partial charge in [0.15, 0.2) is 5.69 Å². The van der Waals surface area contributed by atoms with Crippen molar-refractivity contribution < 1.29 is 58.6 Å². The van der Waals surface area contributed by atoms with Crippen molar-refractivity contribution >= 4 is 24.7 Å². The van der Waals surface area contributed by atoms with Crippen LogP contribution in [0.5, 0.6) is 0 Å². The first-order chi connectivity index (χ1) is 14.5. The highest BCUT2D eigenvalue weighted by Gasteiger charge is 2.51. The number of pyridine rings is 1. The first-order valence-electron chi connectivity index (χ1n) is 8.75. The fraction of sp³-hybridized carbons (Fsp3) is 0.562. The van der Waals surface area contributed by atoms with Crippen molar-refractivity contribution in [1.29, 1.82) is 0 Å². The molecule has 0 spiro atoms. The average Bonchev–Trinajstić information content (AvgIpc) is 2.62. The number of aromatic nitrogens is 1. The molecule has 0 aliphatic carbocycles. The summed E-state index contributed by atoms with van der Waals surface area (Å²) in [7, 11) is -5.30. The third kappa shape index (κ3) is 6.01. The number of carboxylic acid groups (broad SMARTS) is 1. The van der Waals surface area contributed by atoms with Crippen LogP contribution in [0.25, 0.3) is 0 Å². The Kier molecular flexibility index (Phi) is 8.91. The number of nitrogens with zero attached hydrogens (tertiary/aromatic N) is 2. The molecule has 0 bridgehead atoms. The molecular formula is C16H17F8N2O5P. The zero-order valence-electron chi connectivity index (χ0n) is 16.6. The molecule has 7 nitrogen and oxygen atoms in total. The van der Waals surface area contributed by atoms with E-state index in [0.29, 0.717) is 0 Å². The van der Waals surface area contributed by atoms with Crippen molar-refractivity contribution in [3.8, 4) is 0 Å². The number of carboxylic acids is 1. The van der Waals surface area contributed by atoms with Gasteiger partial charge in [0.2, 0.25) is 5.45 Å². The average molecular weight is 500 g/mol. The van der Waals surface area contributed by atoms with Crippen LogP contribution in [-0.4, -0.2) is 40.9 Å². The Morgan fingerprint density at radius 3 is 1.91 bits per heavy atom. The van der Waals surface area contributed by atoms with Gasteiger partial charge in [-0.15, -0.1) is 0 Å². The Bertz CT molecular complexity index is 920. The van der Waals surface area contributed by atoms with E-state index in [1.807, 2.05) is 0 Å². The summed E-state index contributed by atoms with van der Waals surface area (Å²) in [5.74, 6) is -2.29. The third-order valence-electron chi connectivity index (χ3n) is 3.67. The Labute approximate surface area is 176 Å². The molecule has 0 saturated carbocycles. The van der Waals surface area contributed by atoms with Gasteiger partial charge in [-0.3, -0.25) is 4.57 Å². The monoisotopic (exact) mass is 500 g/mol. The molecule has 1 aromatic heterocycles. The van der Waals surface area contributed by atoms with Crippen molar-refractivity contribution in [3.05, 3.63) is 22.5 Å². The highest BCUT2D eigenvalue weighted by molar-refractivity contribution is 7.72. The van der Waals surface area contributed by atoms with Gasteiger partial charge in [-0.05, 0) is 25.8 Å². The van der Waals surface area contributed by atoms with Crippen molar-refractivity contribution in [2.45, 2.75) is 46.0 Å². The van der Waals surface area contributed by atoms with Crippen LogP contribution in [0.3, 0.4) is 0 Å². The van der Waals surface area contributed by atoms with E-state index in [2.05, 4.69) is 19.0 Å². The van der Waals surface area contributed by atoms with Crippen LogP contribution in [0.15, 0.2) is 4.99 Å². The summed E-state index contributed by atoms with van der Waals surface area (Å²) in [6.07, 6.45) is -15.8. The van der Waals surface area contributed by atoms with Crippen LogP contribution in [0.4, 0.5) is 40.8 Å². The second-order valence-electron chi connectivity index (χ2n) is 5.77. The van der Waals surface area contributed by atoms with E-state index in [4.69, 9.17) is 0 Å². The molecule has 1 heterocycles. The quantitative estimate of drug-likeness (QED) is 0.248. The van der Waals surface area contributed by atoms with Crippen molar-refractivity contribution in [1.82, 2.24) is 4.98 Å². The van der Waals surface area contributed by atoms with Crippen LogP contribution >= 0.6 is 7.60 Å². The summed E-state index contributed by atoms with van der Waals surface area (Å²) in [6.45, 7) is 2.10. The normalized spacial score (nSPS) is 13.7. The first kappa shape index (κ1) is 27.9. The maximum Gasteiger partial charge on any atom is 0.441 e. The van der Waals surface area contributed by atoms with E-state index < -0.39 is 85.6 Å². The molecule has 0 amide bonds. The van der Waals surface area contributed by atoms with Gasteiger partial charge in [0.25, 0.3) is 6.43 Å². The zero-order valence-corrected chi connectivity index (χ0v) is 17.5. The van der Waals surface area contributed by atoms with Gasteiger partial charge in [0.05, 0.1) is 24.5 Å². The van der Waals surface area contributed by atoms with E-state index in [9.17, 15) is 49.6 Å². The smallest absolute Gasteiger partial charge is 0.441 e. The summed E-state index contributed by atoms with van der Waals surface area (Å²) in [5.41, 5.74) is -10.7. The molecule has 0 radical (unpaired) electrons. The molecule has 0 atom stereocenters. The summed E-state index contributed by atoms with van der Waals surface area (Å²) in [5, 5.41) is 9.21. The Morgan fingerprint density at radius 1 is 1.09 bits per heavy atom. The molecule has 1 rings (SSSR count). The molecule has 1 aromatic rings. The zero-order chi connectivity index (χ0) is 25.1. The molecule has 0 aromatic carbocycles. The lowest BCUT2D eigenvalue weighted by atomic mass is 9.99. The summed E-state index contributed by atoms with van der Waals surface area (Å²) >= 11 is 0. The second kappa shape index (κ2) is 10.2. The van der Waals surface area contributed by atoms with Crippen LogP contribution in [0.2, 0.25) is 0 Å². The minimum absolute atomic E-state index is 0.597. The lowest BCUT2D eigenvalue weighted by molar-refractivity contribution is -0.142. The maximum atomic E-state index is 13.7. The molecule has 0 aliphatic rings. The van der Waals surface area contributed by atoms with Crippen molar-refractivity contribution in [2.24, 2.45) is 4.99 Å². The van der Waals surface area contributed by atoms with Crippen molar-refractivity contribution in [2.75, 3.05) is 13.2 Å². The van der Waals surface area contributed by atoms with E-state index in [-0.39, 0.29) is 0 Å². The van der Waals surface area contributed by atoms with Gasteiger partial charge in [-0.1, -0.05) is 6.92 Å². The highest BCUT2D eigenvalue weighted by Crippen LogP contribution is 2.55. The summed E-state index contributed by atoms with van der Waals surface area (Å²) < 4.78 is 130. The number of alkyl halides is 8. The van der Waals surface area contributed by atoms with Gasteiger partial charge in [0, 0.05) is 0 Å². The predicted molar refractivity (Wildman–Crippen MR) is 94.5 cm³/mol. The lowest BCUT2D eigenvalue weighted by Gasteiger charge is -2.22. The number of carbonyl (C=O) groups is 1. The molecular weight excluding hydrogens is 483 g/mol. The molecule has 1 N–H and O–H groups in total. The maximum absolute atomic E-state index is 13.7. The van der Waals surface area contributed by atoms with E-state index in [1.165, 1.54) is 0 Å². The molecule has 182 valence electrons. The SMILES string of the molecule is CCOP(=O)(OCC)C(=Nc1c(C(F)F)nc(C(F)(F)F)c(C(=O)O)c1CC)C(F)(F)F. The Balaban J connectivity index is 4.23. The summed E-state index contributed by atoms with van der Waals surface area (Å²) in [4.78, 5) is 16.9. The number of hydrogen-bond acceptors (Lipinski definition) is 6. The van der Waals surface area contributed by atoms with Gasteiger partial charge >= 0.3 is 25.9 Å². The second-order valence-corrected chi connectivity index (χ2v) is 7.71. The number of aliphatic imine (C=N–C) groups is 1. The standard InChI is InChI=1S/C16H17F8N2O5P/c1-4-7-8(13(27)28)11(15(19,20)21)25-10(12(17)18)9(7)26-14(16(22,23)24)32(29,30-5-2)31-6-3/h12H,4-6H2,1-3H3,(H,27,28). The van der Waals surface area contributed by atoms with E-state index in [0.717, 1.165) is 20.8 Å². The third-order valence-corrected chi connectivity index (χ3v) is 5.74. The number of aromatic carboxylic acids is 1. The molecule has 0 saturated heterocycles. The van der Waals surface area contributed by atoms with Crippen molar-refractivity contribution in [3.63, 3.8) is 0 Å². The van der Waals surface area contributed by atoms with Gasteiger partial charge in [0.1, 0.15) is 5.69 Å². The Hall–Kier alpha value is -2.12. The number of halogens is 8. The fourth-order valence-electron chi connectivity index (χ4n) is 2.59. The predicted octanol–water partition coefficient (Wildman–Crippen LogP) is 6.16. The van der Waals surface area contributed by atoms with E-state index in [1.54, 1.807) is 0 Å². The first-order valence-corrected chi connectivity index (χ1v) is 10.3. The Morgan fingerprint density at radius 2 is 1.59 bits per heavy atom. The largest absolute Gasteiger partial charge is 0.478 e. The van der Waals surface area contributed by atoms with Crippen LogP contribution in [-0.2, 0) is 26.2 Å². The topological polar surface area (TPSA) is 98.1 Å². The van der Waals surface area contributed by atoms with Gasteiger partial charge < -0.3 is 14.2 Å². The van der Waals surface area contributed by atoms with Crippen LogP contribution < -0.4 is 0 Å². The molecule has 0 fully saturated rings. The lowest BCUT2D eigenvalue weighted by Crippen LogP contribution is -2.26. The highest BCUT2D eigenvalue weighted by atomic mass is 31.2. The molecule has 32 heavy (non-hydrogen) atoms. The van der Waals surface area contributed by atoms with E-state index >= 15 is 0 Å². The number of hydrogen-bond donors (Lipinski definition) is 1. The van der Waals surface area contributed by atoms with Crippen LogP contribution in [0, 0.1) is 0 Å².